The molecule has 7 nitrogen and oxygen atoms in total. The first kappa shape index (κ1) is 57.6. The van der Waals surface area contributed by atoms with Crippen LogP contribution in [0.3, 0.4) is 0 Å². The zero-order valence-electron chi connectivity index (χ0n) is 40.1. The van der Waals surface area contributed by atoms with Gasteiger partial charge in [0.2, 0.25) is 0 Å². The van der Waals surface area contributed by atoms with Gasteiger partial charge in [0, 0.05) is 0 Å². The average Bonchev–Trinajstić information content (AvgIpc) is 3.26. The molecule has 1 rings (SSSR count). The van der Waals surface area contributed by atoms with E-state index in [2.05, 4.69) is 38.2 Å². The summed E-state index contributed by atoms with van der Waals surface area (Å²) < 4.78 is 45.0. The summed E-state index contributed by atoms with van der Waals surface area (Å²) in [6.07, 6.45) is 56.5. The van der Waals surface area contributed by atoms with Gasteiger partial charge in [-0.1, -0.05) is 211 Å². The van der Waals surface area contributed by atoms with E-state index in [0.717, 1.165) is 57.4 Å². The quantitative estimate of drug-likeness (QED) is 0.0301. The molecular formula is C54H94O7S. The van der Waals surface area contributed by atoms with Gasteiger partial charge in [-0.3, -0.25) is 4.55 Å². The minimum atomic E-state index is -4.78. The van der Waals surface area contributed by atoms with E-state index in [-0.39, 0.29) is 18.8 Å². The van der Waals surface area contributed by atoms with Crippen molar-refractivity contribution >= 4 is 22.1 Å². The highest BCUT2D eigenvalue weighted by Gasteiger charge is 2.28. The molecule has 0 aromatic heterocycles. The number of esters is 2. The minimum absolute atomic E-state index is 0.0871. The van der Waals surface area contributed by atoms with E-state index in [1.807, 2.05) is 0 Å². The average molecular weight is 887 g/mol. The molecule has 0 bridgehead atoms. The number of allylic oxidation sites excluding steroid dienone is 4. The topological polar surface area (TPSA) is 107 Å². The Morgan fingerprint density at radius 1 is 0.435 bits per heavy atom. The van der Waals surface area contributed by atoms with Gasteiger partial charge >= 0.3 is 11.9 Å². The summed E-state index contributed by atoms with van der Waals surface area (Å²) in [5, 5.41) is 0. The van der Waals surface area contributed by atoms with Crippen LogP contribution < -0.4 is 0 Å². The normalized spacial score (nSPS) is 11.9. The second-order valence-electron chi connectivity index (χ2n) is 17.8. The third kappa shape index (κ3) is 34.0. The van der Waals surface area contributed by atoms with Crippen LogP contribution in [0.1, 0.15) is 279 Å². The summed E-state index contributed by atoms with van der Waals surface area (Å²) >= 11 is 0. The Morgan fingerprint density at radius 3 is 1.05 bits per heavy atom. The highest BCUT2D eigenvalue weighted by molar-refractivity contribution is 7.86. The minimum Gasteiger partial charge on any atom is -0.462 e. The molecule has 0 aliphatic carbocycles. The summed E-state index contributed by atoms with van der Waals surface area (Å²) in [5.74, 6) is -1.77. The van der Waals surface area contributed by atoms with Crippen molar-refractivity contribution in [3.8, 4) is 0 Å². The van der Waals surface area contributed by atoms with E-state index < -0.39 is 32.5 Å². The third-order valence-corrected chi connectivity index (χ3v) is 12.9. The summed E-state index contributed by atoms with van der Waals surface area (Å²) in [5.41, 5.74) is -0.698. The molecule has 0 spiro atoms. The number of carbonyl (C=O) groups excluding carboxylic acids is 2. The van der Waals surface area contributed by atoms with Gasteiger partial charge < -0.3 is 9.47 Å². The molecular weight excluding hydrogens is 793 g/mol. The lowest BCUT2D eigenvalue weighted by Gasteiger charge is -2.12. The predicted octanol–water partition coefficient (Wildman–Crippen LogP) is 17.2. The van der Waals surface area contributed by atoms with Crippen molar-refractivity contribution in [3.63, 3.8) is 0 Å². The van der Waals surface area contributed by atoms with Crippen molar-refractivity contribution in [2.24, 2.45) is 0 Å². The van der Waals surface area contributed by atoms with Gasteiger partial charge in [-0.15, -0.1) is 0 Å². The molecule has 0 heterocycles. The maximum Gasteiger partial charge on any atom is 0.340 e. The zero-order chi connectivity index (χ0) is 45.0. The first-order chi connectivity index (χ1) is 30.3. The van der Waals surface area contributed by atoms with Crippen molar-refractivity contribution < 1.29 is 32.0 Å². The zero-order valence-corrected chi connectivity index (χ0v) is 40.9. The smallest absolute Gasteiger partial charge is 0.340 e. The first-order valence-corrected chi connectivity index (χ1v) is 27.5. The molecule has 0 amide bonds. The molecule has 0 aliphatic heterocycles. The van der Waals surface area contributed by atoms with Crippen LogP contribution in [0.2, 0.25) is 0 Å². The molecule has 1 aromatic carbocycles. The van der Waals surface area contributed by atoms with E-state index in [4.69, 9.17) is 9.47 Å². The Balaban J connectivity index is 2.16. The molecule has 0 saturated carbocycles. The Kier molecular flexibility index (Phi) is 39.5. The number of ether oxygens (including phenoxy) is 2. The molecule has 62 heavy (non-hydrogen) atoms. The van der Waals surface area contributed by atoms with Crippen LogP contribution in [0.25, 0.3) is 0 Å². The fraction of sp³-hybridized carbons (Fsp3) is 0.778. The number of unbranched alkanes of at least 4 members (excludes halogenated alkanes) is 34. The Labute approximate surface area is 382 Å². The predicted molar refractivity (Wildman–Crippen MR) is 262 cm³/mol. The number of carbonyl (C=O) groups is 2. The fourth-order valence-electron chi connectivity index (χ4n) is 8.07. The Hall–Kier alpha value is -2.45. The van der Waals surface area contributed by atoms with Crippen LogP contribution in [0.5, 0.6) is 0 Å². The Morgan fingerprint density at radius 2 is 0.726 bits per heavy atom. The summed E-state index contributed by atoms with van der Waals surface area (Å²) in [7, 11) is -4.78. The van der Waals surface area contributed by atoms with Crippen molar-refractivity contribution in [2.75, 3.05) is 13.2 Å². The van der Waals surface area contributed by atoms with Crippen LogP contribution in [0, 0.1) is 0 Å². The fourth-order valence-corrected chi connectivity index (χ4v) is 8.78. The molecule has 0 radical (unpaired) electrons. The van der Waals surface area contributed by atoms with Gasteiger partial charge in [-0.25, -0.2) is 9.59 Å². The lowest BCUT2D eigenvalue weighted by molar-refractivity contribution is 0.0447. The molecule has 0 atom stereocenters. The van der Waals surface area contributed by atoms with E-state index in [0.29, 0.717) is 12.8 Å². The monoisotopic (exact) mass is 887 g/mol. The summed E-state index contributed by atoms with van der Waals surface area (Å²) in [6, 6.07) is 3.75. The van der Waals surface area contributed by atoms with Crippen LogP contribution in [0.15, 0.2) is 47.4 Å². The van der Waals surface area contributed by atoms with Crippen molar-refractivity contribution in [2.45, 2.75) is 263 Å². The largest absolute Gasteiger partial charge is 0.462 e. The number of benzene rings is 1. The van der Waals surface area contributed by atoms with Crippen LogP contribution >= 0.6 is 0 Å². The van der Waals surface area contributed by atoms with Crippen LogP contribution in [-0.2, 0) is 19.6 Å². The van der Waals surface area contributed by atoms with E-state index >= 15 is 0 Å². The van der Waals surface area contributed by atoms with Crippen LogP contribution in [0.4, 0.5) is 0 Å². The maximum atomic E-state index is 13.1. The van der Waals surface area contributed by atoms with Gasteiger partial charge in [-0.2, -0.15) is 8.42 Å². The Bertz CT molecular complexity index is 1370. The second-order valence-corrected chi connectivity index (χ2v) is 19.2. The highest BCUT2D eigenvalue weighted by atomic mass is 32.2. The van der Waals surface area contributed by atoms with E-state index in [1.165, 1.54) is 192 Å². The second kappa shape index (κ2) is 42.5. The van der Waals surface area contributed by atoms with Gasteiger partial charge in [0.1, 0.15) is 4.90 Å². The van der Waals surface area contributed by atoms with Gasteiger partial charge in [0.15, 0.2) is 0 Å². The van der Waals surface area contributed by atoms with E-state index in [1.54, 1.807) is 0 Å². The van der Waals surface area contributed by atoms with E-state index in [9.17, 15) is 22.6 Å². The molecule has 0 fully saturated rings. The van der Waals surface area contributed by atoms with Gasteiger partial charge in [-0.05, 0) is 89.2 Å². The van der Waals surface area contributed by atoms with Crippen LogP contribution in [-0.4, -0.2) is 38.1 Å². The van der Waals surface area contributed by atoms with Crippen molar-refractivity contribution in [1.82, 2.24) is 0 Å². The number of rotatable bonds is 45. The SMILES string of the molecule is CCCCCCCCCCCCCCCC/C=C/CCCCCOC(=O)c1cccc(S(=O)(=O)O)c1C(=O)OCCCCC/C=C/CCCCCCCCCCCCCCCC. The lowest BCUT2D eigenvalue weighted by atomic mass is 10.0. The summed E-state index contributed by atoms with van der Waals surface area (Å²) in [4.78, 5) is 25.4. The highest BCUT2D eigenvalue weighted by Crippen LogP contribution is 2.23. The maximum absolute atomic E-state index is 13.1. The van der Waals surface area contributed by atoms with Crippen molar-refractivity contribution in [3.05, 3.63) is 53.6 Å². The summed E-state index contributed by atoms with van der Waals surface area (Å²) in [6.45, 7) is 4.79. The standard InChI is InChI=1S/C54H94O7S/c1-3-5-7-9-11-13-15-17-19-21-23-25-27-29-31-33-35-37-39-41-43-48-60-53(55)50-46-45-47-51(62(57,58)59)52(50)54(56)61-49-44-42-40-38-36-34-32-30-28-26-24-22-20-18-16-14-12-10-8-6-4-2/h33-36,45-47H,3-32,37-44,48-49H2,1-2H3,(H,57,58,59)/b35-33+,36-34+. The molecule has 0 unspecified atom stereocenters. The molecule has 8 heteroatoms. The first-order valence-electron chi connectivity index (χ1n) is 26.1. The molecule has 358 valence electrons. The molecule has 0 saturated heterocycles. The number of hydrogen-bond donors (Lipinski definition) is 1. The van der Waals surface area contributed by atoms with Gasteiger partial charge in [0.25, 0.3) is 10.1 Å². The molecule has 0 aliphatic rings. The molecule has 1 aromatic rings. The van der Waals surface area contributed by atoms with Gasteiger partial charge in [0.05, 0.1) is 24.3 Å². The number of hydrogen-bond acceptors (Lipinski definition) is 6. The van der Waals surface area contributed by atoms with Crippen molar-refractivity contribution in [1.29, 1.82) is 0 Å². The third-order valence-electron chi connectivity index (χ3n) is 12.0. The molecule has 1 N–H and O–H groups in total. The lowest BCUT2D eigenvalue weighted by Crippen LogP contribution is -2.19.